The predicted molar refractivity (Wildman–Crippen MR) is 59.0 cm³/mol. The lowest BCUT2D eigenvalue weighted by atomic mass is 10.2. The van der Waals surface area contributed by atoms with Crippen molar-refractivity contribution in [2.24, 2.45) is 7.05 Å². The quantitative estimate of drug-likeness (QED) is 0.793. The van der Waals surface area contributed by atoms with Gasteiger partial charge in [0, 0.05) is 19.6 Å². The normalized spacial score (nSPS) is 15.7. The van der Waals surface area contributed by atoms with E-state index in [2.05, 4.69) is 17.3 Å². The molecule has 0 spiro atoms. The molecule has 0 aliphatic heterocycles. The summed E-state index contributed by atoms with van der Waals surface area (Å²) in [5, 5.41) is 7.95. The first-order chi connectivity index (χ1) is 7.26. The number of nitrogens with zero attached hydrogens (tertiary/aromatic N) is 2. The van der Waals surface area contributed by atoms with Crippen LogP contribution in [0.4, 0.5) is 0 Å². The highest BCUT2D eigenvalue weighted by Crippen LogP contribution is 2.24. The molecule has 4 nitrogen and oxygen atoms in total. The number of hydrogen-bond donors (Lipinski definition) is 1. The topological polar surface area (TPSA) is 39.1 Å². The zero-order chi connectivity index (χ0) is 10.8. The van der Waals surface area contributed by atoms with Gasteiger partial charge in [0.05, 0.1) is 18.4 Å². The van der Waals surface area contributed by atoms with Crippen molar-refractivity contribution in [1.82, 2.24) is 15.1 Å². The van der Waals surface area contributed by atoms with Gasteiger partial charge in [0.1, 0.15) is 0 Å². The fourth-order valence-corrected chi connectivity index (χ4v) is 1.86. The second-order valence-corrected chi connectivity index (χ2v) is 4.07. The van der Waals surface area contributed by atoms with Gasteiger partial charge in [-0.1, -0.05) is 6.92 Å². The van der Waals surface area contributed by atoms with E-state index >= 15 is 0 Å². The van der Waals surface area contributed by atoms with Crippen molar-refractivity contribution in [3.63, 3.8) is 0 Å². The summed E-state index contributed by atoms with van der Waals surface area (Å²) < 4.78 is 7.19. The highest BCUT2D eigenvalue weighted by Gasteiger charge is 2.22. The summed E-state index contributed by atoms with van der Waals surface area (Å²) in [6.45, 7) is 3.01. The molecule has 0 unspecified atom stereocenters. The third-order valence-corrected chi connectivity index (χ3v) is 2.84. The highest BCUT2D eigenvalue weighted by atomic mass is 16.5. The van der Waals surface area contributed by atoms with Gasteiger partial charge in [-0.25, -0.2) is 4.68 Å². The van der Waals surface area contributed by atoms with Crippen LogP contribution in [-0.4, -0.2) is 22.9 Å². The first-order valence-corrected chi connectivity index (χ1v) is 5.58. The third-order valence-electron chi connectivity index (χ3n) is 2.84. The molecule has 84 valence electrons. The Bertz CT molecular complexity index is 342. The Hall–Kier alpha value is -1.03. The molecule has 1 aromatic heterocycles. The Balaban J connectivity index is 2.15. The molecule has 1 fully saturated rings. The molecule has 0 amide bonds. The van der Waals surface area contributed by atoms with Gasteiger partial charge in [-0.3, -0.25) is 0 Å². The number of aryl methyl sites for hydroxylation is 2. The first kappa shape index (κ1) is 10.5. The third kappa shape index (κ3) is 2.15. The van der Waals surface area contributed by atoms with Crippen molar-refractivity contribution in [2.75, 3.05) is 7.11 Å². The Kier molecular flexibility index (Phi) is 2.95. The lowest BCUT2D eigenvalue weighted by Crippen LogP contribution is -2.16. The van der Waals surface area contributed by atoms with E-state index < -0.39 is 0 Å². The van der Waals surface area contributed by atoms with E-state index in [-0.39, 0.29) is 0 Å². The minimum absolute atomic E-state index is 0.722. The second kappa shape index (κ2) is 4.23. The van der Waals surface area contributed by atoms with Crippen LogP contribution >= 0.6 is 0 Å². The van der Waals surface area contributed by atoms with Crippen LogP contribution in [0.1, 0.15) is 31.0 Å². The number of rotatable bonds is 5. The Morgan fingerprint density at radius 2 is 2.27 bits per heavy atom. The smallest absolute Gasteiger partial charge is 0.216 e. The number of methoxy groups -OCH3 is 1. The molecular formula is C11H19N3O. The predicted octanol–water partition coefficient (Wildman–Crippen LogP) is 1.24. The van der Waals surface area contributed by atoms with Crippen LogP contribution in [0, 0.1) is 0 Å². The van der Waals surface area contributed by atoms with Crippen LogP contribution in [0.5, 0.6) is 5.88 Å². The maximum atomic E-state index is 5.37. The summed E-state index contributed by atoms with van der Waals surface area (Å²) in [6.07, 6.45) is 3.58. The Labute approximate surface area is 90.6 Å². The van der Waals surface area contributed by atoms with E-state index in [9.17, 15) is 0 Å². The fourth-order valence-electron chi connectivity index (χ4n) is 1.86. The molecule has 1 aliphatic carbocycles. The maximum absolute atomic E-state index is 5.37. The number of ether oxygens (including phenoxy) is 1. The van der Waals surface area contributed by atoms with Crippen LogP contribution in [0.2, 0.25) is 0 Å². The molecule has 0 bridgehead atoms. The summed E-state index contributed by atoms with van der Waals surface area (Å²) >= 11 is 0. The van der Waals surface area contributed by atoms with Gasteiger partial charge >= 0.3 is 0 Å². The van der Waals surface area contributed by atoms with E-state index in [0.717, 1.165) is 30.6 Å². The minimum Gasteiger partial charge on any atom is -0.481 e. The molecule has 4 heteroatoms. The molecule has 1 aromatic rings. The van der Waals surface area contributed by atoms with Crippen LogP contribution in [-0.2, 0) is 20.0 Å². The highest BCUT2D eigenvalue weighted by molar-refractivity contribution is 5.31. The van der Waals surface area contributed by atoms with Crippen LogP contribution < -0.4 is 10.1 Å². The van der Waals surface area contributed by atoms with E-state index in [1.165, 1.54) is 18.4 Å². The average molecular weight is 209 g/mol. The molecule has 1 N–H and O–H groups in total. The van der Waals surface area contributed by atoms with Gasteiger partial charge in [0.2, 0.25) is 5.88 Å². The maximum Gasteiger partial charge on any atom is 0.216 e. The van der Waals surface area contributed by atoms with Crippen molar-refractivity contribution < 1.29 is 4.74 Å². The molecule has 0 radical (unpaired) electrons. The van der Waals surface area contributed by atoms with E-state index in [1.807, 2.05) is 11.7 Å². The van der Waals surface area contributed by atoms with E-state index in [0.29, 0.717) is 0 Å². The van der Waals surface area contributed by atoms with Gasteiger partial charge < -0.3 is 10.1 Å². The van der Waals surface area contributed by atoms with Crippen LogP contribution in [0.25, 0.3) is 0 Å². The number of hydrogen-bond acceptors (Lipinski definition) is 3. The lowest BCUT2D eigenvalue weighted by Gasteiger charge is -2.06. The summed E-state index contributed by atoms with van der Waals surface area (Å²) in [5.74, 6) is 0.889. The van der Waals surface area contributed by atoms with Crippen molar-refractivity contribution in [1.29, 1.82) is 0 Å². The molecule has 15 heavy (non-hydrogen) atoms. The second-order valence-electron chi connectivity index (χ2n) is 4.07. The van der Waals surface area contributed by atoms with Crippen LogP contribution in [0.3, 0.4) is 0 Å². The molecule has 0 atom stereocenters. The monoisotopic (exact) mass is 209 g/mol. The molecule has 2 rings (SSSR count). The van der Waals surface area contributed by atoms with Gasteiger partial charge in [0.15, 0.2) is 0 Å². The van der Waals surface area contributed by atoms with Crippen molar-refractivity contribution in [3.8, 4) is 5.88 Å². The number of aromatic nitrogens is 2. The van der Waals surface area contributed by atoms with E-state index in [4.69, 9.17) is 4.74 Å². The lowest BCUT2D eigenvalue weighted by molar-refractivity contribution is 0.368. The molecule has 1 saturated carbocycles. The Morgan fingerprint density at radius 1 is 1.53 bits per heavy atom. The SMILES string of the molecule is CCc1nn(C)c(OC)c1CNC1CC1. The summed E-state index contributed by atoms with van der Waals surface area (Å²) in [6, 6.07) is 0.722. The summed E-state index contributed by atoms with van der Waals surface area (Å²) in [4.78, 5) is 0. The van der Waals surface area contributed by atoms with Crippen molar-refractivity contribution in [2.45, 2.75) is 38.8 Å². The van der Waals surface area contributed by atoms with Crippen LogP contribution in [0.15, 0.2) is 0 Å². The Morgan fingerprint density at radius 3 is 2.80 bits per heavy atom. The molecule has 0 saturated heterocycles. The van der Waals surface area contributed by atoms with E-state index in [1.54, 1.807) is 7.11 Å². The first-order valence-electron chi connectivity index (χ1n) is 5.58. The van der Waals surface area contributed by atoms with Crippen molar-refractivity contribution >= 4 is 0 Å². The molecule has 1 heterocycles. The summed E-state index contributed by atoms with van der Waals surface area (Å²) in [5.41, 5.74) is 2.36. The standard InChI is InChI=1S/C11H19N3O/c1-4-10-9(7-12-8-5-6-8)11(15-3)14(2)13-10/h8,12H,4-7H2,1-3H3. The van der Waals surface area contributed by atoms with Gasteiger partial charge in [-0.2, -0.15) is 5.10 Å². The van der Waals surface area contributed by atoms with Gasteiger partial charge in [-0.05, 0) is 19.3 Å². The zero-order valence-electron chi connectivity index (χ0n) is 9.71. The molecule has 1 aliphatic rings. The molecular weight excluding hydrogens is 190 g/mol. The largest absolute Gasteiger partial charge is 0.481 e. The van der Waals surface area contributed by atoms with Gasteiger partial charge in [0.25, 0.3) is 0 Å². The minimum atomic E-state index is 0.722. The molecule has 0 aromatic carbocycles. The summed E-state index contributed by atoms with van der Waals surface area (Å²) in [7, 11) is 3.63. The zero-order valence-corrected chi connectivity index (χ0v) is 9.71. The average Bonchev–Trinajstić information content (AvgIpc) is 3.00. The number of nitrogens with one attached hydrogen (secondary N) is 1. The van der Waals surface area contributed by atoms with Crippen molar-refractivity contribution in [3.05, 3.63) is 11.3 Å². The van der Waals surface area contributed by atoms with Gasteiger partial charge in [-0.15, -0.1) is 0 Å². The fraction of sp³-hybridized carbons (Fsp3) is 0.727.